The van der Waals surface area contributed by atoms with Crippen molar-refractivity contribution in [3.63, 3.8) is 0 Å². The van der Waals surface area contributed by atoms with Gasteiger partial charge in [0.15, 0.2) is 0 Å². The Hall–Kier alpha value is -1.98. The lowest BCUT2D eigenvalue weighted by molar-refractivity contribution is -0.126. The lowest BCUT2D eigenvalue weighted by Gasteiger charge is -2.24. The summed E-state index contributed by atoms with van der Waals surface area (Å²) < 4.78 is 0. The predicted octanol–water partition coefficient (Wildman–Crippen LogP) is 2.89. The Kier molecular flexibility index (Phi) is 4.45. The van der Waals surface area contributed by atoms with Gasteiger partial charge in [-0.05, 0) is 41.5 Å². The maximum Gasteiger partial charge on any atom is 0.246 e. The van der Waals surface area contributed by atoms with Gasteiger partial charge in [0.2, 0.25) is 5.91 Å². The number of hydrogen-bond acceptors (Lipinski definition) is 4. The lowest BCUT2D eigenvalue weighted by atomic mass is 10.1. The minimum Gasteiger partial charge on any atom is -0.335 e. The molecule has 0 N–H and O–H groups in total. The van der Waals surface area contributed by atoms with Gasteiger partial charge in [0.25, 0.3) is 0 Å². The zero-order valence-corrected chi connectivity index (χ0v) is 14.4. The first-order valence-corrected chi connectivity index (χ1v) is 9.31. The van der Waals surface area contributed by atoms with E-state index in [1.807, 2.05) is 42.0 Å². The second-order valence-electron chi connectivity index (χ2n) is 6.55. The van der Waals surface area contributed by atoms with Crippen LogP contribution >= 0.6 is 11.3 Å². The van der Waals surface area contributed by atoms with E-state index in [0.717, 1.165) is 37.5 Å². The highest BCUT2D eigenvalue weighted by molar-refractivity contribution is 7.10. The SMILES string of the molecule is O=C(/C=C/c1cccs1)N1CC[C@H]2CN(Cc3cccnc3)C[C@H]21. The first-order valence-electron chi connectivity index (χ1n) is 8.43. The van der Waals surface area contributed by atoms with Crippen molar-refractivity contribution in [3.8, 4) is 0 Å². The number of nitrogens with zero attached hydrogens (tertiary/aromatic N) is 3. The summed E-state index contributed by atoms with van der Waals surface area (Å²) in [5.74, 6) is 0.764. The van der Waals surface area contributed by atoms with Crippen molar-refractivity contribution < 1.29 is 4.79 Å². The Morgan fingerprint density at radius 2 is 2.29 bits per heavy atom. The number of likely N-dealkylation sites (tertiary alicyclic amines) is 2. The van der Waals surface area contributed by atoms with Crippen LogP contribution in [-0.4, -0.2) is 46.4 Å². The van der Waals surface area contributed by atoms with Crippen LogP contribution < -0.4 is 0 Å². The largest absolute Gasteiger partial charge is 0.335 e. The predicted molar refractivity (Wildman–Crippen MR) is 96.5 cm³/mol. The van der Waals surface area contributed by atoms with E-state index in [2.05, 4.69) is 20.9 Å². The molecular formula is C19H21N3OS. The monoisotopic (exact) mass is 339 g/mol. The fourth-order valence-corrected chi connectivity index (χ4v) is 4.45. The quantitative estimate of drug-likeness (QED) is 0.804. The number of hydrogen-bond donors (Lipinski definition) is 0. The van der Waals surface area contributed by atoms with Crippen molar-refractivity contribution in [2.75, 3.05) is 19.6 Å². The third kappa shape index (κ3) is 3.28. The van der Waals surface area contributed by atoms with Gasteiger partial charge in [-0.15, -0.1) is 11.3 Å². The van der Waals surface area contributed by atoms with E-state index in [4.69, 9.17) is 0 Å². The molecule has 1 amide bonds. The first kappa shape index (κ1) is 15.5. The van der Waals surface area contributed by atoms with E-state index in [0.29, 0.717) is 12.0 Å². The van der Waals surface area contributed by atoms with Crippen LogP contribution in [0, 0.1) is 5.92 Å². The highest BCUT2D eigenvalue weighted by atomic mass is 32.1. The van der Waals surface area contributed by atoms with Crippen molar-refractivity contribution in [3.05, 3.63) is 58.6 Å². The summed E-state index contributed by atoms with van der Waals surface area (Å²) in [5, 5.41) is 2.03. The summed E-state index contributed by atoms with van der Waals surface area (Å²) in [5.41, 5.74) is 1.24. The molecule has 2 aliphatic heterocycles. The molecule has 2 aromatic heterocycles. The first-order chi connectivity index (χ1) is 11.8. The minimum atomic E-state index is 0.152. The number of carbonyl (C=O) groups is 1. The summed E-state index contributed by atoms with van der Waals surface area (Å²) in [6, 6.07) is 8.51. The molecule has 2 saturated heterocycles. The summed E-state index contributed by atoms with van der Waals surface area (Å²) in [7, 11) is 0. The maximum absolute atomic E-state index is 12.6. The Bertz CT molecular complexity index is 713. The number of rotatable bonds is 4. The Labute approximate surface area is 146 Å². The molecule has 0 spiro atoms. The summed E-state index contributed by atoms with van der Waals surface area (Å²) >= 11 is 1.66. The lowest BCUT2D eigenvalue weighted by Crippen LogP contribution is -2.38. The highest BCUT2D eigenvalue weighted by Crippen LogP contribution is 2.32. The third-order valence-electron chi connectivity index (χ3n) is 4.97. The molecule has 24 heavy (non-hydrogen) atoms. The van der Waals surface area contributed by atoms with Crippen LogP contribution in [0.5, 0.6) is 0 Å². The van der Waals surface area contributed by atoms with Crippen LogP contribution in [0.1, 0.15) is 16.9 Å². The van der Waals surface area contributed by atoms with Gasteiger partial charge in [0.05, 0.1) is 0 Å². The molecule has 0 bridgehead atoms. The normalized spacial score (nSPS) is 23.9. The van der Waals surface area contributed by atoms with E-state index in [-0.39, 0.29) is 5.91 Å². The number of carbonyl (C=O) groups excluding carboxylic acids is 1. The number of amides is 1. The smallest absolute Gasteiger partial charge is 0.246 e. The van der Waals surface area contributed by atoms with Gasteiger partial charge in [-0.2, -0.15) is 0 Å². The van der Waals surface area contributed by atoms with Gasteiger partial charge in [-0.3, -0.25) is 14.7 Å². The van der Waals surface area contributed by atoms with Crippen molar-refractivity contribution >= 4 is 23.3 Å². The van der Waals surface area contributed by atoms with Crippen LogP contribution in [-0.2, 0) is 11.3 Å². The summed E-state index contributed by atoms with van der Waals surface area (Å²) in [6.45, 7) is 3.87. The zero-order chi connectivity index (χ0) is 16.4. The van der Waals surface area contributed by atoms with Gasteiger partial charge in [0, 0.05) is 55.6 Å². The minimum absolute atomic E-state index is 0.152. The molecule has 2 aromatic rings. The van der Waals surface area contributed by atoms with Crippen molar-refractivity contribution in [2.24, 2.45) is 5.92 Å². The molecule has 4 nitrogen and oxygen atoms in total. The molecule has 2 aliphatic rings. The number of pyridine rings is 1. The molecule has 2 atom stereocenters. The highest BCUT2D eigenvalue weighted by Gasteiger charge is 2.42. The Balaban J connectivity index is 1.38. The van der Waals surface area contributed by atoms with Gasteiger partial charge in [-0.1, -0.05) is 12.1 Å². The second kappa shape index (κ2) is 6.87. The molecule has 0 unspecified atom stereocenters. The van der Waals surface area contributed by atoms with E-state index in [1.165, 1.54) is 5.56 Å². The van der Waals surface area contributed by atoms with Crippen LogP contribution in [0.15, 0.2) is 48.1 Å². The van der Waals surface area contributed by atoms with Gasteiger partial charge in [0.1, 0.15) is 0 Å². The standard InChI is InChI=1S/C19H21N3OS/c23-19(6-5-17-4-2-10-24-17)22-9-7-16-13-21(14-18(16)22)12-15-3-1-8-20-11-15/h1-6,8,10-11,16,18H,7,9,12-14H2/b6-5+/t16-,18+/m0/s1. The van der Waals surface area contributed by atoms with Crippen molar-refractivity contribution in [1.29, 1.82) is 0 Å². The van der Waals surface area contributed by atoms with Crippen LogP contribution in [0.25, 0.3) is 6.08 Å². The number of thiophene rings is 1. The second-order valence-corrected chi connectivity index (χ2v) is 7.53. The van der Waals surface area contributed by atoms with Crippen LogP contribution in [0.4, 0.5) is 0 Å². The molecule has 124 valence electrons. The zero-order valence-electron chi connectivity index (χ0n) is 13.5. The summed E-state index contributed by atoms with van der Waals surface area (Å²) in [4.78, 5) is 22.4. The van der Waals surface area contributed by atoms with Gasteiger partial charge < -0.3 is 4.90 Å². The molecule has 0 aromatic carbocycles. The Morgan fingerprint density at radius 3 is 3.08 bits per heavy atom. The van der Waals surface area contributed by atoms with E-state index >= 15 is 0 Å². The fraction of sp³-hybridized carbons (Fsp3) is 0.368. The molecule has 0 aliphatic carbocycles. The average Bonchev–Trinajstić information content (AvgIpc) is 3.30. The molecule has 4 rings (SSSR count). The number of fused-ring (bicyclic) bond motifs is 1. The average molecular weight is 339 g/mol. The fourth-order valence-electron chi connectivity index (χ4n) is 3.84. The maximum atomic E-state index is 12.6. The van der Waals surface area contributed by atoms with Crippen molar-refractivity contribution in [1.82, 2.24) is 14.8 Å². The molecule has 4 heterocycles. The van der Waals surface area contributed by atoms with E-state index < -0.39 is 0 Å². The van der Waals surface area contributed by atoms with E-state index in [1.54, 1.807) is 17.4 Å². The molecular weight excluding hydrogens is 318 g/mol. The van der Waals surface area contributed by atoms with E-state index in [9.17, 15) is 4.79 Å². The number of aromatic nitrogens is 1. The van der Waals surface area contributed by atoms with Gasteiger partial charge >= 0.3 is 0 Å². The van der Waals surface area contributed by atoms with Crippen molar-refractivity contribution in [2.45, 2.75) is 19.0 Å². The summed E-state index contributed by atoms with van der Waals surface area (Å²) in [6.07, 6.45) is 8.52. The third-order valence-corrected chi connectivity index (χ3v) is 5.81. The molecule has 0 radical (unpaired) electrons. The van der Waals surface area contributed by atoms with Crippen LogP contribution in [0.3, 0.4) is 0 Å². The Morgan fingerprint density at radius 1 is 1.33 bits per heavy atom. The molecule has 2 fully saturated rings. The molecule has 5 heteroatoms. The van der Waals surface area contributed by atoms with Crippen LogP contribution in [0.2, 0.25) is 0 Å². The molecule has 0 saturated carbocycles. The van der Waals surface area contributed by atoms with Gasteiger partial charge in [-0.25, -0.2) is 0 Å². The topological polar surface area (TPSA) is 36.4 Å².